The SMILES string of the molecule is CCOC(=O)c1c(NC(=O)CSc2nnc(C(C)(C)C)o2)sc2c1CCC2. The second-order valence-electron chi connectivity index (χ2n) is 7.24. The van der Waals surface area contributed by atoms with Gasteiger partial charge in [-0.2, -0.15) is 0 Å². The van der Waals surface area contributed by atoms with Gasteiger partial charge >= 0.3 is 5.97 Å². The minimum atomic E-state index is -0.369. The average Bonchev–Trinajstić information content (AvgIpc) is 3.27. The highest BCUT2D eigenvalue weighted by Crippen LogP contribution is 2.39. The number of esters is 1. The van der Waals surface area contributed by atoms with Crippen molar-refractivity contribution < 1.29 is 18.7 Å². The molecule has 0 unspecified atom stereocenters. The number of aromatic nitrogens is 2. The van der Waals surface area contributed by atoms with E-state index >= 15 is 0 Å². The van der Waals surface area contributed by atoms with Crippen molar-refractivity contribution in [2.24, 2.45) is 0 Å². The topological polar surface area (TPSA) is 94.3 Å². The van der Waals surface area contributed by atoms with Crippen molar-refractivity contribution in [2.45, 2.75) is 57.6 Å². The lowest BCUT2D eigenvalue weighted by molar-refractivity contribution is -0.113. The Morgan fingerprint density at radius 1 is 1.30 bits per heavy atom. The quantitative estimate of drug-likeness (QED) is 0.572. The Hall–Kier alpha value is -1.87. The van der Waals surface area contributed by atoms with E-state index in [9.17, 15) is 9.59 Å². The Kier molecular flexibility index (Phi) is 5.90. The van der Waals surface area contributed by atoms with Gasteiger partial charge in [-0.3, -0.25) is 4.79 Å². The molecule has 1 aliphatic rings. The van der Waals surface area contributed by atoms with Crippen LogP contribution in [-0.4, -0.2) is 34.4 Å². The van der Waals surface area contributed by atoms with Gasteiger partial charge in [0.15, 0.2) is 0 Å². The number of aryl methyl sites for hydroxylation is 1. The molecule has 1 N–H and O–H groups in total. The number of carbonyl (C=O) groups excluding carboxylic acids is 2. The van der Waals surface area contributed by atoms with E-state index in [0.717, 1.165) is 29.7 Å². The first-order valence-corrected chi connectivity index (χ1v) is 10.7. The van der Waals surface area contributed by atoms with Crippen LogP contribution in [0.3, 0.4) is 0 Å². The van der Waals surface area contributed by atoms with Crippen molar-refractivity contribution in [3.05, 3.63) is 21.9 Å². The van der Waals surface area contributed by atoms with Gasteiger partial charge in [0.05, 0.1) is 17.9 Å². The van der Waals surface area contributed by atoms with E-state index in [0.29, 0.717) is 28.3 Å². The van der Waals surface area contributed by atoms with Gasteiger partial charge in [0.25, 0.3) is 5.22 Å². The molecule has 1 aliphatic carbocycles. The van der Waals surface area contributed by atoms with Gasteiger partial charge in [-0.1, -0.05) is 32.5 Å². The molecule has 7 nitrogen and oxygen atoms in total. The molecule has 0 saturated carbocycles. The van der Waals surface area contributed by atoms with Gasteiger partial charge in [-0.15, -0.1) is 21.5 Å². The van der Waals surface area contributed by atoms with E-state index in [2.05, 4.69) is 15.5 Å². The first-order chi connectivity index (χ1) is 12.8. The summed E-state index contributed by atoms with van der Waals surface area (Å²) in [5.74, 6) is 0.0635. The van der Waals surface area contributed by atoms with Crippen molar-refractivity contribution in [2.75, 3.05) is 17.7 Å². The van der Waals surface area contributed by atoms with Gasteiger partial charge in [0.2, 0.25) is 11.8 Å². The first kappa shape index (κ1) is 19.9. The Balaban J connectivity index is 1.66. The summed E-state index contributed by atoms with van der Waals surface area (Å²) in [5, 5.41) is 11.8. The summed E-state index contributed by atoms with van der Waals surface area (Å²) in [7, 11) is 0. The third-order valence-corrected chi connectivity index (χ3v) is 6.05. The number of rotatable bonds is 6. The number of nitrogens with one attached hydrogen (secondary N) is 1. The molecule has 1 amide bonds. The van der Waals surface area contributed by atoms with Crippen molar-refractivity contribution >= 4 is 40.0 Å². The van der Waals surface area contributed by atoms with Crippen LogP contribution in [-0.2, 0) is 27.8 Å². The maximum Gasteiger partial charge on any atom is 0.341 e. The molecule has 2 aromatic heterocycles. The molecule has 0 aliphatic heterocycles. The Labute approximate surface area is 166 Å². The molecule has 146 valence electrons. The van der Waals surface area contributed by atoms with Gasteiger partial charge in [-0.25, -0.2) is 4.79 Å². The third-order valence-electron chi connectivity index (χ3n) is 4.03. The van der Waals surface area contributed by atoms with Crippen LogP contribution in [0, 0.1) is 0 Å². The van der Waals surface area contributed by atoms with Crippen LogP contribution in [0.1, 0.15) is 60.8 Å². The summed E-state index contributed by atoms with van der Waals surface area (Å²) in [5.41, 5.74) is 1.30. The molecule has 2 aromatic rings. The third kappa shape index (κ3) is 4.52. The minimum absolute atomic E-state index is 0.122. The highest BCUT2D eigenvalue weighted by Gasteiger charge is 2.28. The number of thioether (sulfide) groups is 1. The van der Waals surface area contributed by atoms with Gasteiger partial charge in [-0.05, 0) is 31.7 Å². The smallest absolute Gasteiger partial charge is 0.341 e. The lowest BCUT2D eigenvalue weighted by Gasteiger charge is -2.10. The van der Waals surface area contributed by atoms with Crippen molar-refractivity contribution in [1.29, 1.82) is 0 Å². The summed E-state index contributed by atoms with van der Waals surface area (Å²) in [6.07, 6.45) is 2.82. The molecule has 0 atom stereocenters. The summed E-state index contributed by atoms with van der Waals surface area (Å²) in [6, 6.07) is 0. The summed E-state index contributed by atoms with van der Waals surface area (Å²) in [6.45, 7) is 8.02. The molecule has 0 radical (unpaired) electrons. The first-order valence-electron chi connectivity index (χ1n) is 8.88. The normalized spacial score (nSPS) is 13.5. The number of fused-ring (bicyclic) bond motifs is 1. The molecular formula is C18H23N3O4S2. The second-order valence-corrected chi connectivity index (χ2v) is 9.27. The van der Waals surface area contributed by atoms with Crippen LogP contribution in [0.15, 0.2) is 9.64 Å². The van der Waals surface area contributed by atoms with Crippen molar-refractivity contribution in [3.63, 3.8) is 0 Å². The van der Waals surface area contributed by atoms with Gasteiger partial charge in [0.1, 0.15) is 5.00 Å². The number of thiophene rings is 1. The van der Waals surface area contributed by atoms with E-state index in [1.54, 1.807) is 6.92 Å². The maximum atomic E-state index is 12.4. The molecule has 0 bridgehead atoms. The highest BCUT2D eigenvalue weighted by molar-refractivity contribution is 7.99. The average molecular weight is 410 g/mol. The fourth-order valence-electron chi connectivity index (χ4n) is 2.77. The summed E-state index contributed by atoms with van der Waals surface area (Å²) in [4.78, 5) is 25.9. The molecule has 0 aromatic carbocycles. The lowest BCUT2D eigenvalue weighted by atomic mass is 9.97. The molecule has 0 fully saturated rings. The zero-order valence-corrected chi connectivity index (χ0v) is 17.5. The van der Waals surface area contributed by atoms with Gasteiger partial charge in [0, 0.05) is 10.3 Å². The van der Waals surface area contributed by atoms with Crippen molar-refractivity contribution in [1.82, 2.24) is 10.2 Å². The van der Waals surface area contributed by atoms with Gasteiger partial charge < -0.3 is 14.5 Å². The molecule has 9 heteroatoms. The van der Waals surface area contributed by atoms with E-state index in [-0.39, 0.29) is 23.0 Å². The van der Waals surface area contributed by atoms with Crippen LogP contribution < -0.4 is 5.32 Å². The summed E-state index contributed by atoms with van der Waals surface area (Å²) < 4.78 is 10.8. The monoisotopic (exact) mass is 409 g/mol. The predicted molar refractivity (Wildman–Crippen MR) is 105 cm³/mol. The van der Waals surface area contributed by atoms with Crippen LogP contribution in [0.5, 0.6) is 0 Å². The zero-order valence-electron chi connectivity index (χ0n) is 15.9. The van der Waals surface area contributed by atoms with Crippen LogP contribution in [0.4, 0.5) is 5.00 Å². The molecular weight excluding hydrogens is 386 g/mol. The molecule has 2 heterocycles. The van der Waals surface area contributed by atoms with E-state index in [1.165, 1.54) is 23.1 Å². The number of nitrogens with zero attached hydrogens (tertiary/aromatic N) is 2. The largest absolute Gasteiger partial charge is 0.462 e. The molecule has 0 spiro atoms. The Morgan fingerprint density at radius 3 is 2.74 bits per heavy atom. The Bertz CT molecular complexity index is 851. The standard InChI is InChI=1S/C18H23N3O4S2/c1-5-24-15(23)13-10-7-6-8-11(10)27-14(13)19-12(22)9-26-17-21-20-16(25-17)18(2,3)4/h5-9H2,1-4H3,(H,19,22). The zero-order chi connectivity index (χ0) is 19.6. The number of carbonyl (C=O) groups is 2. The summed E-state index contributed by atoms with van der Waals surface area (Å²) >= 11 is 2.64. The van der Waals surface area contributed by atoms with Crippen LogP contribution in [0.25, 0.3) is 0 Å². The second kappa shape index (κ2) is 8.02. The van der Waals surface area contributed by atoms with Crippen molar-refractivity contribution in [3.8, 4) is 0 Å². The number of anilines is 1. The van der Waals surface area contributed by atoms with E-state index < -0.39 is 0 Å². The number of amides is 1. The highest BCUT2D eigenvalue weighted by atomic mass is 32.2. The van der Waals surface area contributed by atoms with E-state index in [1.807, 2.05) is 20.8 Å². The number of ether oxygens (including phenoxy) is 1. The molecule has 0 saturated heterocycles. The lowest BCUT2D eigenvalue weighted by Crippen LogP contribution is -2.16. The predicted octanol–water partition coefficient (Wildman–Crippen LogP) is 3.82. The molecule has 3 rings (SSSR count). The number of hydrogen-bond donors (Lipinski definition) is 1. The van der Waals surface area contributed by atoms with E-state index in [4.69, 9.17) is 9.15 Å². The van der Waals surface area contributed by atoms with Crippen LogP contribution >= 0.6 is 23.1 Å². The maximum absolute atomic E-state index is 12.4. The van der Waals surface area contributed by atoms with Crippen LogP contribution in [0.2, 0.25) is 0 Å². The fourth-order valence-corrected chi connectivity index (χ4v) is 4.63. The number of hydrogen-bond acceptors (Lipinski definition) is 8. The Morgan fingerprint density at radius 2 is 2.07 bits per heavy atom. The fraction of sp³-hybridized carbons (Fsp3) is 0.556. The molecule has 27 heavy (non-hydrogen) atoms. The minimum Gasteiger partial charge on any atom is -0.462 e.